The normalized spacial score (nSPS) is 9.95. The van der Waals surface area contributed by atoms with Gasteiger partial charge in [0.05, 0.1) is 11.6 Å². The molecule has 0 fully saturated rings. The molecule has 0 radical (unpaired) electrons. The molecule has 0 spiro atoms. The van der Waals surface area contributed by atoms with E-state index >= 15 is 0 Å². The van der Waals surface area contributed by atoms with Gasteiger partial charge in [-0.15, -0.1) is 0 Å². The molecule has 2 aromatic rings. The first kappa shape index (κ1) is 14.5. The van der Waals surface area contributed by atoms with Crippen LogP contribution in [-0.4, -0.2) is 5.91 Å². The summed E-state index contributed by atoms with van der Waals surface area (Å²) < 4.78 is 32.0. The number of hydrogen-bond donors (Lipinski definition) is 1. The van der Waals surface area contributed by atoms with E-state index in [-0.39, 0.29) is 29.0 Å². The Morgan fingerprint density at radius 1 is 1.29 bits per heavy atom. The molecule has 0 heterocycles. The smallest absolute Gasteiger partial charge is 0.255 e. The average Bonchev–Trinajstić information content (AvgIpc) is 2.44. The second-order valence-corrected chi connectivity index (χ2v) is 4.18. The highest BCUT2D eigenvalue weighted by molar-refractivity contribution is 5.95. The standard InChI is InChI=1S/C15H10F2N2O2/c16-11-5-4-9(7-18)10(6-11)8-21-13-3-1-2-12(17)14(13)15(19)20/h1-6H,8H2,(H2,19,20). The van der Waals surface area contributed by atoms with Crippen LogP contribution in [0, 0.1) is 23.0 Å². The van der Waals surface area contributed by atoms with Crippen molar-refractivity contribution in [2.75, 3.05) is 0 Å². The maximum Gasteiger partial charge on any atom is 0.255 e. The number of ether oxygens (including phenoxy) is 1. The zero-order chi connectivity index (χ0) is 15.4. The van der Waals surface area contributed by atoms with Crippen molar-refractivity contribution < 1.29 is 18.3 Å². The monoisotopic (exact) mass is 288 g/mol. The van der Waals surface area contributed by atoms with Crippen molar-refractivity contribution in [1.29, 1.82) is 5.26 Å². The van der Waals surface area contributed by atoms with Crippen LogP contribution in [0.5, 0.6) is 5.75 Å². The molecule has 2 aromatic carbocycles. The quantitative estimate of drug-likeness (QED) is 0.939. The number of benzene rings is 2. The molecular weight excluding hydrogens is 278 g/mol. The van der Waals surface area contributed by atoms with Crippen LogP contribution >= 0.6 is 0 Å². The summed E-state index contributed by atoms with van der Waals surface area (Å²) in [5.74, 6) is -2.36. The predicted octanol–water partition coefficient (Wildman–Crippen LogP) is 2.51. The summed E-state index contributed by atoms with van der Waals surface area (Å²) >= 11 is 0. The summed E-state index contributed by atoms with van der Waals surface area (Å²) in [6.45, 7) is -0.190. The fraction of sp³-hybridized carbons (Fsp3) is 0.0667. The second-order valence-electron chi connectivity index (χ2n) is 4.18. The van der Waals surface area contributed by atoms with Crippen molar-refractivity contribution in [1.82, 2.24) is 0 Å². The molecule has 106 valence electrons. The lowest BCUT2D eigenvalue weighted by atomic mass is 10.1. The molecule has 0 bridgehead atoms. The average molecular weight is 288 g/mol. The lowest BCUT2D eigenvalue weighted by molar-refractivity contribution is 0.0991. The third kappa shape index (κ3) is 3.15. The zero-order valence-electron chi connectivity index (χ0n) is 10.8. The van der Waals surface area contributed by atoms with Gasteiger partial charge in [0.2, 0.25) is 0 Å². The van der Waals surface area contributed by atoms with Crippen molar-refractivity contribution in [2.24, 2.45) is 5.73 Å². The van der Waals surface area contributed by atoms with Gasteiger partial charge in [-0.05, 0) is 30.3 Å². The Morgan fingerprint density at radius 3 is 2.71 bits per heavy atom. The van der Waals surface area contributed by atoms with Gasteiger partial charge in [0.15, 0.2) is 0 Å². The van der Waals surface area contributed by atoms with Crippen molar-refractivity contribution >= 4 is 5.91 Å². The highest BCUT2D eigenvalue weighted by Gasteiger charge is 2.15. The third-order valence-electron chi connectivity index (χ3n) is 2.79. The van der Waals surface area contributed by atoms with Crippen LogP contribution in [0.4, 0.5) is 8.78 Å². The Balaban J connectivity index is 2.29. The van der Waals surface area contributed by atoms with Gasteiger partial charge in [-0.25, -0.2) is 8.78 Å². The van der Waals surface area contributed by atoms with Gasteiger partial charge in [-0.2, -0.15) is 5.26 Å². The highest BCUT2D eigenvalue weighted by atomic mass is 19.1. The van der Waals surface area contributed by atoms with Crippen molar-refractivity contribution in [2.45, 2.75) is 6.61 Å². The van der Waals surface area contributed by atoms with E-state index in [2.05, 4.69) is 0 Å². The zero-order valence-corrected chi connectivity index (χ0v) is 10.8. The topological polar surface area (TPSA) is 76.1 Å². The predicted molar refractivity (Wildman–Crippen MR) is 70.4 cm³/mol. The maximum absolute atomic E-state index is 13.5. The van der Waals surface area contributed by atoms with Crippen molar-refractivity contribution in [3.8, 4) is 11.8 Å². The molecule has 6 heteroatoms. The Hall–Kier alpha value is -2.94. The number of halogens is 2. The maximum atomic E-state index is 13.5. The minimum absolute atomic E-state index is 0.0596. The number of carbonyl (C=O) groups excluding carboxylic acids is 1. The van der Waals surface area contributed by atoms with E-state index in [0.717, 1.165) is 18.2 Å². The number of carbonyl (C=O) groups is 1. The molecule has 21 heavy (non-hydrogen) atoms. The summed E-state index contributed by atoms with van der Waals surface area (Å²) in [5, 5.41) is 8.93. The molecule has 0 unspecified atom stereocenters. The summed E-state index contributed by atoms with van der Waals surface area (Å²) in [6.07, 6.45) is 0. The molecular formula is C15H10F2N2O2. The number of primary amides is 1. The largest absolute Gasteiger partial charge is 0.488 e. The second kappa shape index (κ2) is 6.01. The molecule has 0 aliphatic carbocycles. The number of nitrogens with two attached hydrogens (primary N) is 1. The van der Waals surface area contributed by atoms with Crippen LogP contribution in [0.2, 0.25) is 0 Å². The van der Waals surface area contributed by atoms with E-state index in [4.69, 9.17) is 15.7 Å². The fourth-order valence-corrected chi connectivity index (χ4v) is 1.81. The Kier molecular flexibility index (Phi) is 4.14. The van der Waals surface area contributed by atoms with Gasteiger partial charge >= 0.3 is 0 Å². The summed E-state index contributed by atoms with van der Waals surface area (Å²) in [6, 6.07) is 9.31. The number of rotatable bonds is 4. The Bertz CT molecular complexity index is 739. The van der Waals surface area contributed by atoms with Gasteiger partial charge in [0, 0.05) is 5.56 Å². The molecule has 0 aliphatic heterocycles. The van der Waals surface area contributed by atoms with Gasteiger partial charge < -0.3 is 10.5 Å². The summed E-state index contributed by atoms with van der Waals surface area (Å²) in [4.78, 5) is 11.2. The Morgan fingerprint density at radius 2 is 2.05 bits per heavy atom. The molecule has 2 rings (SSSR count). The number of hydrogen-bond acceptors (Lipinski definition) is 3. The van der Waals surface area contributed by atoms with Crippen LogP contribution < -0.4 is 10.5 Å². The van der Waals surface area contributed by atoms with Gasteiger partial charge in [-0.3, -0.25) is 4.79 Å². The fourth-order valence-electron chi connectivity index (χ4n) is 1.81. The van der Waals surface area contributed by atoms with Crippen LogP contribution in [-0.2, 0) is 6.61 Å². The number of nitriles is 1. The van der Waals surface area contributed by atoms with Crippen LogP contribution in [0.1, 0.15) is 21.5 Å². The highest BCUT2D eigenvalue weighted by Crippen LogP contribution is 2.23. The minimum atomic E-state index is -0.970. The van der Waals surface area contributed by atoms with E-state index in [0.29, 0.717) is 0 Å². The number of nitrogens with zero attached hydrogens (tertiary/aromatic N) is 1. The summed E-state index contributed by atoms with van der Waals surface area (Å²) in [7, 11) is 0. The molecule has 4 nitrogen and oxygen atoms in total. The molecule has 0 atom stereocenters. The van der Waals surface area contributed by atoms with Gasteiger partial charge in [-0.1, -0.05) is 6.07 Å². The molecule has 2 N–H and O–H groups in total. The molecule has 0 aliphatic rings. The lowest BCUT2D eigenvalue weighted by Gasteiger charge is -2.11. The third-order valence-corrected chi connectivity index (χ3v) is 2.79. The van der Waals surface area contributed by atoms with Crippen molar-refractivity contribution in [3.63, 3.8) is 0 Å². The molecule has 0 aromatic heterocycles. The molecule has 0 saturated carbocycles. The van der Waals surface area contributed by atoms with E-state index < -0.39 is 17.5 Å². The van der Waals surface area contributed by atoms with Gasteiger partial charge in [0.1, 0.15) is 29.6 Å². The number of amides is 1. The first-order chi connectivity index (χ1) is 10.0. The lowest BCUT2D eigenvalue weighted by Crippen LogP contribution is -2.15. The van der Waals surface area contributed by atoms with E-state index in [9.17, 15) is 13.6 Å². The van der Waals surface area contributed by atoms with E-state index in [1.807, 2.05) is 6.07 Å². The van der Waals surface area contributed by atoms with Crippen LogP contribution in [0.25, 0.3) is 0 Å². The molecule has 0 saturated heterocycles. The first-order valence-corrected chi connectivity index (χ1v) is 5.92. The van der Waals surface area contributed by atoms with E-state index in [1.54, 1.807) is 0 Å². The Labute approximate surface area is 119 Å². The van der Waals surface area contributed by atoms with Crippen molar-refractivity contribution in [3.05, 3.63) is 64.7 Å². The molecule has 1 amide bonds. The summed E-state index contributed by atoms with van der Waals surface area (Å²) in [5.41, 5.74) is 5.23. The SMILES string of the molecule is N#Cc1ccc(F)cc1COc1cccc(F)c1C(N)=O. The van der Waals surface area contributed by atoms with E-state index in [1.165, 1.54) is 18.2 Å². The van der Waals surface area contributed by atoms with Crippen LogP contribution in [0.3, 0.4) is 0 Å². The van der Waals surface area contributed by atoms with Crippen LogP contribution in [0.15, 0.2) is 36.4 Å². The minimum Gasteiger partial charge on any atom is -0.488 e. The first-order valence-electron chi connectivity index (χ1n) is 5.92. The van der Waals surface area contributed by atoms with Gasteiger partial charge in [0.25, 0.3) is 5.91 Å².